The number of hydrazine groups is 1. The smallest absolute Gasteiger partial charge is 0.265 e. The third-order valence-corrected chi connectivity index (χ3v) is 6.28. The highest BCUT2D eigenvalue weighted by atomic mass is 16.5. The van der Waals surface area contributed by atoms with Gasteiger partial charge in [0.05, 0.1) is 23.0 Å². The second-order valence-corrected chi connectivity index (χ2v) is 8.88. The van der Waals surface area contributed by atoms with Crippen LogP contribution in [0.3, 0.4) is 0 Å². The summed E-state index contributed by atoms with van der Waals surface area (Å²) >= 11 is 0. The van der Waals surface area contributed by atoms with Gasteiger partial charge in [-0.2, -0.15) is 0 Å². The van der Waals surface area contributed by atoms with Crippen LogP contribution in [-0.2, 0) is 0 Å². The second-order valence-electron chi connectivity index (χ2n) is 8.88. The van der Waals surface area contributed by atoms with E-state index in [4.69, 9.17) is 4.74 Å². The molecule has 2 heterocycles. The van der Waals surface area contributed by atoms with E-state index in [1.807, 2.05) is 13.8 Å². The number of hydrogen-bond acceptors (Lipinski definition) is 7. The van der Waals surface area contributed by atoms with Crippen LogP contribution in [0.1, 0.15) is 78.0 Å². The molecule has 0 saturated carbocycles. The van der Waals surface area contributed by atoms with E-state index in [9.17, 15) is 14.4 Å². The SMILES string of the molecule is CCC1(CC)CC(=O)c2cc(C(=O)C(C)(C)NNC(=O)c3ccc4[nH]nnc4c3)ccc2O1. The predicted molar refractivity (Wildman–Crippen MR) is 122 cm³/mol. The number of H-pyrrole nitrogens is 1. The third kappa shape index (κ3) is 4.23. The molecule has 1 aliphatic rings. The molecule has 2 aromatic carbocycles. The van der Waals surface area contributed by atoms with E-state index in [-0.39, 0.29) is 18.0 Å². The van der Waals surface area contributed by atoms with Crippen molar-refractivity contribution in [2.24, 2.45) is 0 Å². The lowest BCUT2D eigenvalue weighted by Crippen LogP contribution is -2.55. The lowest BCUT2D eigenvalue weighted by Gasteiger charge is -2.37. The van der Waals surface area contributed by atoms with Gasteiger partial charge in [-0.1, -0.05) is 19.1 Å². The maximum Gasteiger partial charge on any atom is 0.265 e. The summed E-state index contributed by atoms with van der Waals surface area (Å²) in [5.41, 5.74) is 6.21. The van der Waals surface area contributed by atoms with Gasteiger partial charge in [0.25, 0.3) is 5.91 Å². The molecule has 0 aliphatic carbocycles. The molecule has 0 unspecified atom stereocenters. The molecule has 0 saturated heterocycles. The third-order valence-electron chi connectivity index (χ3n) is 6.28. The lowest BCUT2D eigenvalue weighted by atomic mass is 9.84. The number of ketones is 2. The van der Waals surface area contributed by atoms with Crippen LogP contribution in [0.25, 0.3) is 11.0 Å². The summed E-state index contributed by atoms with van der Waals surface area (Å²) < 4.78 is 6.14. The Morgan fingerprint density at radius 2 is 1.85 bits per heavy atom. The van der Waals surface area contributed by atoms with Gasteiger partial charge in [0, 0.05) is 11.1 Å². The Balaban J connectivity index is 1.48. The second kappa shape index (κ2) is 8.40. The Kier molecular flexibility index (Phi) is 5.75. The van der Waals surface area contributed by atoms with Crippen molar-refractivity contribution in [2.75, 3.05) is 0 Å². The van der Waals surface area contributed by atoms with Crippen LogP contribution in [0.4, 0.5) is 0 Å². The molecule has 3 N–H and O–H groups in total. The average molecular weight is 450 g/mol. The van der Waals surface area contributed by atoms with Crippen molar-refractivity contribution in [3.8, 4) is 5.75 Å². The van der Waals surface area contributed by atoms with Crippen LogP contribution >= 0.6 is 0 Å². The Bertz CT molecular complexity index is 1240. The van der Waals surface area contributed by atoms with Gasteiger partial charge < -0.3 is 4.74 Å². The maximum absolute atomic E-state index is 13.2. The molecule has 0 radical (unpaired) electrons. The van der Waals surface area contributed by atoms with Crippen molar-refractivity contribution in [1.29, 1.82) is 0 Å². The molecule has 1 aliphatic heterocycles. The quantitative estimate of drug-likeness (QED) is 0.373. The van der Waals surface area contributed by atoms with Crippen molar-refractivity contribution < 1.29 is 19.1 Å². The van der Waals surface area contributed by atoms with Gasteiger partial charge in [0.1, 0.15) is 16.9 Å². The van der Waals surface area contributed by atoms with Crippen molar-refractivity contribution in [1.82, 2.24) is 26.3 Å². The fourth-order valence-corrected chi connectivity index (χ4v) is 3.97. The Labute approximate surface area is 191 Å². The number of ether oxygens (including phenoxy) is 1. The van der Waals surface area contributed by atoms with Crippen molar-refractivity contribution >= 4 is 28.5 Å². The molecule has 0 bridgehead atoms. The normalized spacial score (nSPS) is 15.1. The monoisotopic (exact) mass is 449 g/mol. The predicted octanol–water partition coefficient (Wildman–Crippen LogP) is 3.38. The molecule has 9 nitrogen and oxygen atoms in total. The summed E-state index contributed by atoms with van der Waals surface area (Å²) in [6.07, 6.45) is 1.75. The number of Topliss-reactive ketones (excluding diaryl/α,β-unsaturated/α-hetero) is 2. The topological polar surface area (TPSA) is 126 Å². The summed E-state index contributed by atoms with van der Waals surface area (Å²) in [4.78, 5) is 38.6. The van der Waals surface area contributed by atoms with Crippen LogP contribution in [0.5, 0.6) is 5.75 Å². The molecule has 33 heavy (non-hydrogen) atoms. The van der Waals surface area contributed by atoms with E-state index in [1.165, 1.54) is 0 Å². The van der Waals surface area contributed by atoms with Gasteiger partial charge in [0.2, 0.25) is 0 Å². The van der Waals surface area contributed by atoms with Crippen LogP contribution in [0, 0.1) is 0 Å². The number of carbonyl (C=O) groups is 3. The lowest BCUT2D eigenvalue weighted by molar-refractivity contribution is 0.0349. The number of benzene rings is 2. The van der Waals surface area contributed by atoms with Gasteiger partial charge >= 0.3 is 0 Å². The number of rotatable bonds is 7. The maximum atomic E-state index is 13.2. The van der Waals surface area contributed by atoms with E-state index in [0.717, 1.165) is 18.4 Å². The summed E-state index contributed by atoms with van der Waals surface area (Å²) in [6.45, 7) is 7.33. The minimum Gasteiger partial charge on any atom is -0.486 e. The van der Waals surface area contributed by atoms with Crippen molar-refractivity contribution in [2.45, 2.75) is 58.1 Å². The molecule has 0 fully saturated rings. The van der Waals surface area contributed by atoms with E-state index in [1.54, 1.807) is 50.2 Å². The number of nitrogens with zero attached hydrogens (tertiary/aromatic N) is 2. The van der Waals surface area contributed by atoms with Gasteiger partial charge in [0.15, 0.2) is 11.6 Å². The summed E-state index contributed by atoms with van der Waals surface area (Å²) in [5, 5.41) is 10.3. The number of aromatic amines is 1. The van der Waals surface area contributed by atoms with Crippen LogP contribution in [0.2, 0.25) is 0 Å². The van der Waals surface area contributed by atoms with Crippen molar-refractivity contribution in [3.05, 3.63) is 53.1 Å². The molecular formula is C24H27N5O4. The Hall–Kier alpha value is -3.59. The first kappa shape index (κ1) is 22.6. The Morgan fingerprint density at radius 3 is 2.58 bits per heavy atom. The standard InChI is InChI=1S/C24H27N5O4/c1-5-24(6-2)13-19(30)16-11-14(8-10-20(16)33-24)21(31)23(3,4)28-27-22(32)15-7-9-17-18(12-15)26-29-25-17/h7-12,28H,5-6,13H2,1-4H3,(H,27,32)(H,25,26,29). The zero-order chi connectivity index (χ0) is 23.8. The first-order valence-electron chi connectivity index (χ1n) is 11.0. The fourth-order valence-electron chi connectivity index (χ4n) is 3.97. The highest BCUT2D eigenvalue weighted by molar-refractivity contribution is 6.07. The number of carbonyl (C=O) groups excluding carboxylic acids is 3. The van der Waals surface area contributed by atoms with Crippen molar-refractivity contribution in [3.63, 3.8) is 0 Å². The molecule has 9 heteroatoms. The molecule has 1 amide bonds. The zero-order valence-corrected chi connectivity index (χ0v) is 19.1. The number of hydrogen-bond donors (Lipinski definition) is 3. The fraction of sp³-hybridized carbons (Fsp3) is 0.375. The number of aromatic nitrogens is 3. The molecule has 3 aromatic rings. The number of nitrogens with one attached hydrogen (secondary N) is 3. The minimum atomic E-state index is -1.13. The van der Waals surface area contributed by atoms with E-state index in [2.05, 4.69) is 26.3 Å². The van der Waals surface area contributed by atoms with Gasteiger partial charge in [-0.05, 0) is 63.1 Å². The highest BCUT2D eigenvalue weighted by Gasteiger charge is 2.38. The number of fused-ring (bicyclic) bond motifs is 2. The van der Waals surface area contributed by atoms with Gasteiger partial charge in [-0.3, -0.25) is 24.9 Å². The molecular weight excluding hydrogens is 422 g/mol. The van der Waals surface area contributed by atoms with Crippen LogP contribution in [0.15, 0.2) is 36.4 Å². The highest BCUT2D eigenvalue weighted by Crippen LogP contribution is 2.37. The van der Waals surface area contributed by atoms with E-state index in [0.29, 0.717) is 28.0 Å². The number of amides is 1. The largest absolute Gasteiger partial charge is 0.486 e. The molecule has 172 valence electrons. The van der Waals surface area contributed by atoms with Gasteiger partial charge in [-0.15, -0.1) is 5.10 Å². The minimum absolute atomic E-state index is 0.0306. The van der Waals surface area contributed by atoms with Crippen LogP contribution in [-0.4, -0.2) is 44.0 Å². The average Bonchev–Trinajstić information content (AvgIpc) is 3.29. The molecule has 4 rings (SSSR count). The summed E-state index contributed by atoms with van der Waals surface area (Å²) in [5.74, 6) is -0.204. The first-order chi connectivity index (χ1) is 15.7. The Morgan fingerprint density at radius 1 is 1.12 bits per heavy atom. The summed E-state index contributed by atoms with van der Waals surface area (Å²) in [7, 11) is 0. The van der Waals surface area contributed by atoms with E-state index >= 15 is 0 Å². The zero-order valence-electron chi connectivity index (χ0n) is 19.1. The van der Waals surface area contributed by atoms with Gasteiger partial charge in [-0.25, -0.2) is 5.43 Å². The molecule has 0 atom stereocenters. The molecule has 0 spiro atoms. The molecule has 1 aromatic heterocycles. The van der Waals surface area contributed by atoms with Crippen LogP contribution < -0.4 is 15.6 Å². The summed E-state index contributed by atoms with van der Waals surface area (Å²) in [6, 6.07) is 9.86. The first-order valence-corrected chi connectivity index (χ1v) is 11.0. The van der Waals surface area contributed by atoms with E-state index < -0.39 is 17.0 Å².